The van der Waals surface area contributed by atoms with Gasteiger partial charge >= 0.3 is 6.18 Å². The van der Waals surface area contributed by atoms with Crippen LogP contribution in [0.4, 0.5) is 19.1 Å². The zero-order valence-electron chi connectivity index (χ0n) is 17.2. The van der Waals surface area contributed by atoms with Crippen molar-refractivity contribution in [2.75, 3.05) is 44.7 Å². The van der Waals surface area contributed by atoms with Crippen LogP contribution in [0.1, 0.15) is 30.4 Å². The standard InChI is InChI=1S/C21H27F3N6/c1-16(17-5-3-6-18(15-17)21(22,23)24)7-10-28-19(25-2)29-11-13-30(14-12-29)20-26-8-4-9-27-20/h3-6,8-9,15-16H,7,10-14H2,1-2H3,(H,25,28). The van der Waals surface area contributed by atoms with Gasteiger partial charge in [-0.3, -0.25) is 4.99 Å². The third-order valence-electron chi connectivity index (χ3n) is 5.27. The number of hydrogen-bond donors (Lipinski definition) is 1. The first-order valence-electron chi connectivity index (χ1n) is 10.0. The Morgan fingerprint density at radius 2 is 1.83 bits per heavy atom. The van der Waals surface area contributed by atoms with E-state index in [1.807, 2.05) is 6.92 Å². The van der Waals surface area contributed by atoms with Gasteiger partial charge in [0.1, 0.15) is 0 Å². The Morgan fingerprint density at radius 3 is 2.47 bits per heavy atom. The van der Waals surface area contributed by atoms with Gasteiger partial charge in [-0.05, 0) is 30.0 Å². The Balaban J connectivity index is 1.48. The van der Waals surface area contributed by atoms with Crippen LogP contribution in [0.2, 0.25) is 0 Å². The van der Waals surface area contributed by atoms with Crippen molar-refractivity contribution >= 4 is 11.9 Å². The second-order valence-electron chi connectivity index (χ2n) is 7.31. The summed E-state index contributed by atoms with van der Waals surface area (Å²) in [5.41, 5.74) is 0.0916. The summed E-state index contributed by atoms with van der Waals surface area (Å²) in [6, 6.07) is 7.36. The van der Waals surface area contributed by atoms with Crippen LogP contribution in [-0.2, 0) is 6.18 Å². The minimum atomic E-state index is -4.32. The molecule has 3 rings (SSSR count). The Kier molecular flexibility index (Phi) is 7.12. The molecule has 1 unspecified atom stereocenters. The van der Waals surface area contributed by atoms with Crippen molar-refractivity contribution in [2.45, 2.75) is 25.4 Å². The van der Waals surface area contributed by atoms with Crippen molar-refractivity contribution in [2.24, 2.45) is 4.99 Å². The highest BCUT2D eigenvalue weighted by molar-refractivity contribution is 5.80. The molecule has 6 nitrogen and oxygen atoms in total. The van der Waals surface area contributed by atoms with Gasteiger partial charge in [0.05, 0.1) is 5.56 Å². The maximum Gasteiger partial charge on any atom is 0.416 e. The highest BCUT2D eigenvalue weighted by Crippen LogP contribution is 2.31. The average molecular weight is 420 g/mol. The fourth-order valence-electron chi connectivity index (χ4n) is 3.49. The van der Waals surface area contributed by atoms with Crippen molar-refractivity contribution in [3.05, 3.63) is 53.9 Å². The number of aliphatic imine (C=N–C) groups is 1. The minimum Gasteiger partial charge on any atom is -0.356 e. The lowest BCUT2D eigenvalue weighted by Gasteiger charge is -2.36. The molecule has 1 atom stereocenters. The molecule has 1 aliphatic rings. The van der Waals surface area contributed by atoms with Crippen LogP contribution in [0, 0.1) is 0 Å². The molecule has 1 aromatic carbocycles. The van der Waals surface area contributed by atoms with E-state index in [2.05, 4.69) is 30.1 Å². The number of nitrogens with one attached hydrogen (secondary N) is 1. The number of piperazine rings is 1. The van der Waals surface area contributed by atoms with E-state index >= 15 is 0 Å². The molecule has 1 aliphatic heterocycles. The topological polar surface area (TPSA) is 56.7 Å². The third kappa shape index (κ3) is 5.61. The van der Waals surface area contributed by atoms with Crippen LogP contribution in [0.3, 0.4) is 0 Å². The van der Waals surface area contributed by atoms with Crippen LogP contribution < -0.4 is 10.2 Å². The molecule has 30 heavy (non-hydrogen) atoms. The molecule has 2 aromatic rings. The number of benzene rings is 1. The van der Waals surface area contributed by atoms with Gasteiger partial charge in [-0.25, -0.2) is 9.97 Å². The molecule has 1 N–H and O–H groups in total. The van der Waals surface area contributed by atoms with E-state index in [1.165, 1.54) is 12.1 Å². The normalized spacial score (nSPS) is 16.5. The highest BCUT2D eigenvalue weighted by Gasteiger charge is 2.30. The van der Waals surface area contributed by atoms with Crippen molar-refractivity contribution in [1.29, 1.82) is 0 Å². The lowest BCUT2D eigenvalue weighted by Crippen LogP contribution is -2.53. The van der Waals surface area contributed by atoms with E-state index in [0.29, 0.717) is 18.5 Å². The van der Waals surface area contributed by atoms with Crippen LogP contribution in [-0.4, -0.2) is 60.6 Å². The van der Waals surface area contributed by atoms with Crippen LogP contribution in [0.15, 0.2) is 47.7 Å². The average Bonchev–Trinajstić information content (AvgIpc) is 2.77. The lowest BCUT2D eigenvalue weighted by atomic mass is 9.96. The largest absolute Gasteiger partial charge is 0.416 e. The maximum atomic E-state index is 12.9. The number of nitrogens with zero attached hydrogens (tertiary/aromatic N) is 5. The fourth-order valence-corrected chi connectivity index (χ4v) is 3.49. The van der Waals surface area contributed by atoms with Gasteiger partial charge in [0.25, 0.3) is 0 Å². The van der Waals surface area contributed by atoms with E-state index in [-0.39, 0.29) is 5.92 Å². The van der Waals surface area contributed by atoms with Gasteiger partial charge in [-0.1, -0.05) is 25.1 Å². The molecule has 162 valence electrons. The number of guanidine groups is 1. The van der Waals surface area contributed by atoms with Gasteiger partial charge in [0.2, 0.25) is 5.95 Å². The zero-order chi connectivity index (χ0) is 21.6. The second kappa shape index (κ2) is 9.77. The van der Waals surface area contributed by atoms with Crippen LogP contribution in [0.5, 0.6) is 0 Å². The quantitative estimate of drug-likeness (QED) is 0.594. The van der Waals surface area contributed by atoms with Gasteiger partial charge < -0.3 is 15.1 Å². The Hall–Kier alpha value is -2.84. The monoisotopic (exact) mass is 420 g/mol. The van der Waals surface area contributed by atoms with Gasteiger partial charge in [-0.2, -0.15) is 13.2 Å². The van der Waals surface area contributed by atoms with Crippen LogP contribution in [0.25, 0.3) is 0 Å². The molecule has 0 bridgehead atoms. The van der Waals surface area contributed by atoms with Gasteiger partial charge in [-0.15, -0.1) is 0 Å². The first-order chi connectivity index (χ1) is 14.4. The summed E-state index contributed by atoms with van der Waals surface area (Å²) in [5.74, 6) is 1.54. The molecule has 0 radical (unpaired) electrons. The molecule has 1 fully saturated rings. The summed E-state index contributed by atoms with van der Waals surface area (Å²) in [6.45, 7) is 5.75. The molecule has 0 amide bonds. The first-order valence-corrected chi connectivity index (χ1v) is 10.0. The fraction of sp³-hybridized carbons (Fsp3) is 0.476. The molecular weight excluding hydrogens is 393 g/mol. The molecule has 1 aromatic heterocycles. The minimum absolute atomic E-state index is 0.00461. The number of alkyl halides is 3. The zero-order valence-corrected chi connectivity index (χ0v) is 17.2. The van der Waals surface area contributed by atoms with Crippen molar-refractivity contribution < 1.29 is 13.2 Å². The predicted molar refractivity (Wildman–Crippen MR) is 112 cm³/mol. The number of halogens is 3. The van der Waals surface area contributed by atoms with E-state index in [9.17, 15) is 13.2 Å². The van der Waals surface area contributed by atoms with E-state index in [4.69, 9.17) is 0 Å². The van der Waals surface area contributed by atoms with E-state index < -0.39 is 11.7 Å². The van der Waals surface area contributed by atoms with Gasteiger partial charge in [0, 0.05) is 52.2 Å². The Labute approximate surface area is 174 Å². The van der Waals surface area contributed by atoms with Crippen LogP contribution >= 0.6 is 0 Å². The van der Waals surface area contributed by atoms with Crippen molar-refractivity contribution in [1.82, 2.24) is 20.2 Å². The highest BCUT2D eigenvalue weighted by atomic mass is 19.4. The van der Waals surface area contributed by atoms with E-state index in [0.717, 1.165) is 44.2 Å². The molecule has 9 heteroatoms. The van der Waals surface area contributed by atoms with E-state index in [1.54, 1.807) is 31.6 Å². The number of rotatable bonds is 5. The summed E-state index contributed by atoms with van der Waals surface area (Å²) in [4.78, 5) is 17.3. The molecule has 1 saturated heterocycles. The summed E-state index contributed by atoms with van der Waals surface area (Å²) in [7, 11) is 1.74. The predicted octanol–water partition coefficient (Wildman–Crippen LogP) is 3.39. The molecular formula is C21H27F3N6. The van der Waals surface area contributed by atoms with Crippen molar-refractivity contribution in [3.8, 4) is 0 Å². The Bertz CT molecular complexity index is 832. The Morgan fingerprint density at radius 1 is 1.13 bits per heavy atom. The van der Waals surface area contributed by atoms with Gasteiger partial charge in [0.15, 0.2) is 5.96 Å². The summed E-state index contributed by atoms with van der Waals surface area (Å²) in [5, 5.41) is 3.34. The molecule has 0 aliphatic carbocycles. The molecule has 0 spiro atoms. The summed E-state index contributed by atoms with van der Waals surface area (Å²) < 4.78 is 38.8. The first kappa shape index (κ1) is 21.9. The lowest BCUT2D eigenvalue weighted by molar-refractivity contribution is -0.137. The molecule has 2 heterocycles. The summed E-state index contributed by atoms with van der Waals surface area (Å²) in [6.07, 6.45) is -0.136. The summed E-state index contributed by atoms with van der Waals surface area (Å²) >= 11 is 0. The third-order valence-corrected chi connectivity index (χ3v) is 5.27. The number of aromatic nitrogens is 2. The SMILES string of the molecule is CN=C(NCCC(C)c1cccc(C(F)(F)F)c1)N1CCN(c2ncccn2)CC1. The number of anilines is 1. The number of hydrogen-bond acceptors (Lipinski definition) is 4. The maximum absolute atomic E-state index is 12.9. The van der Waals surface area contributed by atoms with Crippen molar-refractivity contribution in [3.63, 3.8) is 0 Å². The smallest absolute Gasteiger partial charge is 0.356 e. The molecule has 0 saturated carbocycles. The second-order valence-corrected chi connectivity index (χ2v) is 7.31.